The number of aliphatic hydroxyl groups excluding tert-OH is 1. The predicted octanol–water partition coefficient (Wildman–Crippen LogP) is 3.21. The van der Waals surface area contributed by atoms with Crippen LogP contribution < -0.4 is 10.9 Å². The van der Waals surface area contributed by atoms with Crippen LogP contribution in [0.2, 0.25) is 0 Å². The smallest absolute Gasteiger partial charge is 0.393 e. The quantitative estimate of drug-likeness (QED) is 0.705. The van der Waals surface area contributed by atoms with Crippen molar-refractivity contribution in [2.24, 2.45) is 0 Å². The Labute approximate surface area is 162 Å². The maximum absolute atomic E-state index is 13.3. The molecule has 3 aromatic rings. The Morgan fingerprint density at radius 2 is 1.86 bits per heavy atom. The number of anilines is 1. The Morgan fingerprint density at radius 1 is 1.17 bits per heavy atom. The van der Waals surface area contributed by atoms with Crippen molar-refractivity contribution in [2.75, 3.05) is 5.32 Å². The fourth-order valence-corrected chi connectivity index (χ4v) is 3.40. The number of para-hydroxylation sites is 1. The molecule has 9 heteroatoms. The molecule has 2 heterocycles. The highest BCUT2D eigenvalue weighted by Crippen LogP contribution is 2.34. The minimum atomic E-state index is -4.69. The van der Waals surface area contributed by atoms with E-state index in [1.807, 2.05) is 6.07 Å². The van der Waals surface area contributed by atoms with Gasteiger partial charge in [0.1, 0.15) is 23.0 Å². The van der Waals surface area contributed by atoms with Crippen molar-refractivity contribution < 1.29 is 18.3 Å². The summed E-state index contributed by atoms with van der Waals surface area (Å²) in [5.41, 5.74) is -1.87. The molecule has 1 aliphatic rings. The molecule has 1 aromatic carbocycles. The summed E-state index contributed by atoms with van der Waals surface area (Å²) in [5.74, 6) is 0. The van der Waals surface area contributed by atoms with Gasteiger partial charge in [-0.1, -0.05) is 18.2 Å². The molecular weight excluding hydrogens is 385 g/mol. The summed E-state index contributed by atoms with van der Waals surface area (Å²) < 4.78 is 40.8. The molecule has 1 fully saturated rings. The van der Waals surface area contributed by atoms with Crippen molar-refractivity contribution in [1.82, 2.24) is 9.55 Å². The second kappa shape index (κ2) is 6.90. The third kappa shape index (κ3) is 3.32. The van der Waals surface area contributed by atoms with E-state index >= 15 is 0 Å². The Balaban J connectivity index is 2.04. The summed E-state index contributed by atoms with van der Waals surface area (Å²) in [4.78, 5) is 16.8. The number of nitrogens with one attached hydrogen (secondary N) is 1. The van der Waals surface area contributed by atoms with Gasteiger partial charge in [-0.3, -0.25) is 9.36 Å². The molecule has 0 bridgehead atoms. The Bertz CT molecular complexity index is 1180. The number of alkyl halides is 3. The minimum absolute atomic E-state index is 0.137. The molecule has 4 rings (SSSR count). The van der Waals surface area contributed by atoms with Crippen LogP contribution in [0, 0.1) is 11.3 Å². The van der Waals surface area contributed by atoms with Crippen LogP contribution in [-0.4, -0.2) is 26.8 Å². The lowest BCUT2D eigenvalue weighted by molar-refractivity contribution is -0.141. The van der Waals surface area contributed by atoms with E-state index in [0.29, 0.717) is 18.5 Å². The average Bonchev–Trinajstić information content (AvgIpc) is 2.66. The molecule has 148 valence electrons. The molecule has 6 nitrogen and oxygen atoms in total. The van der Waals surface area contributed by atoms with Crippen LogP contribution in [0.4, 0.5) is 18.9 Å². The number of pyridine rings is 2. The molecule has 0 aliphatic heterocycles. The normalized spacial score (nSPS) is 18.9. The Kier molecular flexibility index (Phi) is 4.51. The second-order valence-corrected chi connectivity index (χ2v) is 6.87. The number of nitriles is 1. The standard InChI is InChI=1S/C20H15F3N4O2/c21-20(22,23)16-7-6-14-17(25-11-8-13(28)9-11)15(10-24)19(29)27(18(14)26-16)12-4-2-1-3-5-12/h1-7,11,13,25,28H,8-9H2. The van der Waals surface area contributed by atoms with Gasteiger partial charge in [0.15, 0.2) is 0 Å². The van der Waals surface area contributed by atoms with Gasteiger partial charge in [-0.15, -0.1) is 0 Å². The molecule has 0 saturated heterocycles. The average molecular weight is 400 g/mol. The second-order valence-electron chi connectivity index (χ2n) is 6.87. The van der Waals surface area contributed by atoms with Gasteiger partial charge < -0.3 is 10.4 Å². The third-order valence-corrected chi connectivity index (χ3v) is 4.90. The highest BCUT2D eigenvalue weighted by atomic mass is 19.4. The van der Waals surface area contributed by atoms with Gasteiger partial charge in [0, 0.05) is 11.4 Å². The molecule has 1 aliphatic carbocycles. The van der Waals surface area contributed by atoms with Crippen molar-refractivity contribution in [3.8, 4) is 11.8 Å². The first-order valence-corrected chi connectivity index (χ1v) is 8.86. The molecule has 2 aromatic heterocycles. The topological polar surface area (TPSA) is 90.9 Å². The highest BCUT2D eigenvalue weighted by Gasteiger charge is 2.34. The molecule has 29 heavy (non-hydrogen) atoms. The lowest BCUT2D eigenvalue weighted by atomic mass is 9.89. The maximum Gasteiger partial charge on any atom is 0.433 e. The van der Waals surface area contributed by atoms with Gasteiger partial charge in [0.25, 0.3) is 5.56 Å². The van der Waals surface area contributed by atoms with Crippen LogP contribution in [-0.2, 0) is 6.18 Å². The SMILES string of the molecule is N#Cc1c(NC2CC(O)C2)c2ccc(C(F)(F)F)nc2n(-c2ccccc2)c1=O. The zero-order valence-corrected chi connectivity index (χ0v) is 14.9. The Morgan fingerprint density at radius 3 is 2.45 bits per heavy atom. The van der Waals surface area contributed by atoms with Gasteiger partial charge in [0.05, 0.1) is 17.5 Å². The summed E-state index contributed by atoms with van der Waals surface area (Å²) in [5, 5.41) is 22.4. The fourth-order valence-electron chi connectivity index (χ4n) is 3.40. The van der Waals surface area contributed by atoms with E-state index in [4.69, 9.17) is 0 Å². The molecule has 0 atom stereocenters. The Hall–Kier alpha value is -3.38. The number of rotatable bonds is 3. The van der Waals surface area contributed by atoms with Crippen molar-refractivity contribution in [3.63, 3.8) is 0 Å². The molecule has 0 spiro atoms. The zero-order chi connectivity index (χ0) is 20.8. The number of aromatic nitrogens is 2. The van der Waals surface area contributed by atoms with E-state index in [2.05, 4.69) is 10.3 Å². The number of nitrogens with zero attached hydrogens (tertiary/aromatic N) is 3. The first kappa shape index (κ1) is 19.0. The predicted molar refractivity (Wildman–Crippen MR) is 99.7 cm³/mol. The lowest BCUT2D eigenvalue weighted by Crippen LogP contribution is -2.40. The number of aliphatic hydroxyl groups is 1. The van der Waals surface area contributed by atoms with Crippen molar-refractivity contribution in [3.05, 3.63) is 64.1 Å². The van der Waals surface area contributed by atoms with E-state index in [1.54, 1.807) is 30.3 Å². The van der Waals surface area contributed by atoms with Gasteiger partial charge in [-0.2, -0.15) is 18.4 Å². The van der Waals surface area contributed by atoms with E-state index in [-0.39, 0.29) is 28.3 Å². The number of benzene rings is 1. The largest absolute Gasteiger partial charge is 0.433 e. The summed E-state index contributed by atoms with van der Waals surface area (Å²) in [6, 6.07) is 11.8. The molecule has 2 N–H and O–H groups in total. The maximum atomic E-state index is 13.3. The van der Waals surface area contributed by atoms with Gasteiger partial charge >= 0.3 is 6.18 Å². The van der Waals surface area contributed by atoms with E-state index in [9.17, 15) is 28.3 Å². The van der Waals surface area contributed by atoms with Crippen LogP contribution in [0.5, 0.6) is 0 Å². The third-order valence-electron chi connectivity index (χ3n) is 4.90. The lowest BCUT2D eigenvalue weighted by Gasteiger charge is -2.33. The summed E-state index contributed by atoms with van der Waals surface area (Å²) in [6.07, 6.45) is -4.33. The molecule has 0 radical (unpaired) electrons. The molecule has 0 unspecified atom stereocenters. The van der Waals surface area contributed by atoms with Crippen LogP contribution in [0.25, 0.3) is 16.7 Å². The van der Waals surface area contributed by atoms with E-state index in [1.165, 1.54) is 6.07 Å². The monoisotopic (exact) mass is 400 g/mol. The summed E-state index contributed by atoms with van der Waals surface area (Å²) in [6.45, 7) is 0. The van der Waals surface area contributed by atoms with E-state index in [0.717, 1.165) is 10.6 Å². The van der Waals surface area contributed by atoms with Crippen molar-refractivity contribution in [2.45, 2.75) is 31.2 Å². The van der Waals surface area contributed by atoms with Crippen molar-refractivity contribution >= 4 is 16.7 Å². The first-order valence-electron chi connectivity index (χ1n) is 8.86. The summed E-state index contributed by atoms with van der Waals surface area (Å²) in [7, 11) is 0. The van der Waals surface area contributed by atoms with Crippen molar-refractivity contribution in [1.29, 1.82) is 5.26 Å². The molecular formula is C20H15F3N4O2. The van der Waals surface area contributed by atoms with Crippen LogP contribution in [0.1, 0.15) is 24.1 Å². The minimum Gasteiger partial charge on any atom is -0.393 e. The number of hydrogen-bond donors (Lipinski definition) is 2. The number of fused-ring (bicyclic) bond motifs is 1. The highest BCUT2D eigenvalue weighted by molar-refractivity contribution is 5.93. The summed E-state index contributed by atoms with van der Waals surface area (Å²) >= 11 is 0. The fraction of sp³-hybridized carbons (Fsp3) is 0.250. The van der Waals surface area contributed by atoms with Crippen LogP contribution >= 0.6 is 0 Å². The number of halogens is 3. The molecule has 1 saturated carbocycles. The molecule has 0 amide bonds. The van der Waals surface area contributed by atoms with Gasteiger partial charge in [-0.25, -0.2) is 4.98 Å². The van der Waals surface area contributed by atoms with Crippen LogP contribution in [0.15, 0.2) is 47.3 Å². The van der Waals surface area contributed by atoms with Crippen LogP contribution in [0.3, 0.4) is 0 Å². The first-order chi connectivity index (χ1) is 13.8. The number of hydrogen-bond acceptors (Lipinski definition) is 5. The van der Waals surface area contributed by atoms with Gasteiger partial charge in [-0.05, 0) is 37.1 Å². The van der Waals surface area contributed by atoms with E-state index < -0.39 is 23.5 Å². The van der Waals surface area contributed by atoms with Gasteiger partial charge in [0.2, 0.25) is 0 Å². The zero-order valence-electron chi connectivity index (χ0n) is 14.9.